The van der Waals surface area contributed by atoms with Gasteiger partial charge in [-0.15, -0.1) is 0 Å². The summed E-state index contributed by atoms with van der Waals surface area (Å²) in [4.78, 5) is 0. The molecule has 1 N–H and O–H groups in total. The van der Waals surface area contributed by atoms with Crippen molar-refractivity contribution in [2.75, 3.05) is 13.7 Å². The van der Waals surface area contributed by atoms with Crippen LogP contribution in [0, 0.1) is 0 Å². The summed E-state index contributed by atoms with van der Waals surface area (Å²) in [5, 5.41) is 7.81. The van der Waals surface area contributed by atoms with Crippen molar-refractivity contribution in [3.63, 3.8) is 0 Å². The van der Waals surface area contributed by atoms with Crippen LogP contribution >= 0.6 is 15.9 Å². The zero-order valence-corrected chi connectivity index (χ0v) is 13.4. The van der Waals surface area contributed by atoms with E-state index in [0.29, 0.717) is 12.1 Å². The third kappa shape index (κ3) is 3.80. The lowest BCUT2D eigenvalue weighted by molar-refractivity contribution is 0.00852. The zero-order chi connectivity index (χ0) is 13.7. The van der Waals surface area contributed by atoms with Gasteiger partial charge in [-0.05, 0) is 62.0 Å². The predicted molar refractivity (Wildman–Crippen MR) is 80.2 cm³/mol. The topological polar surface area (TPSA) is 39.1 Å². The average molecular weight is 330 g/mol. The number of halogens is 1. The van der Waals surface area contributed by atoms with E-state index in [1.54, 1.807) is 0 Å². The fraction of sp³-hybridized carbons (Fsp3) is 0.786. The van der Waals surface area contributed by atoms with E-state index in [-0.39, 0.29) is 0 Å². The highest BCUT2D eigenvalue weighted by atomic mass is 79.9. The molecule has 0 radical (unpaired) electrons. The van der Waals surface area contributed by atoms with Crippen molar-refractivity contribution in [1.29, 1.82) is 0 Å². The maximum absolute atomic E-state index is 5.82. The summed E-state index contributed by atoms with van der Waals surface area (Å²) >= 11 is 3.61. The van der Waals surface area contributed by atoms with E-state index in [2.05, 4.69) is 38.0 Å². The Morgan fingerprint density at radius 3 is 3.05 bits per heavy atom. The second-order valence-electron chi connectivity index (χ2n) is 5.10. The molecule has 1 aliphatic rings. The Labute approximate surface area is 124 Å². The molecule has 4 nitrogen and oxygen atoms in total. The van der Waals surface area contributed by atoms with Gasteiger partial charge in [-0.2, -0.15) is 5.10 Å². The van der Waals surface area contributed by atoms with Gasteiger partial charge in [0.25, 0.3) is 0 Å². The molecule has 0 aromatic carbocycles. The molecule has 1 aromatic heterocycles. The van der Waals surface area contributed by atoms with Crippen molar-refractivity contribution in [2.45, 2.75) is 57.7 Å². The van der Waals surface area contributed by atoms with E-state index in [4.69, 9.17) is 4.74 Å². The van der Waals surface area contributed by atoms with Crippen molar-refractivity contribution < 1.29 is 4.74 Å². The lowest BCUT2D eigenvalue weighted by Crippen LogP contribution is -2.24. The van der Waals surface area contributed by atoms with Gasteiger partial charge in [-0.1, -0.05) is 0 Å². The van der Waals surface area contributed by atoms with Gasteiger partial charge in [-0.3, -0.25) is 4.68 Å². The molecule has 1 aliphatic heterocycles. The maximum atomic E-state index is 5.82. The van der Waals surface area contributed by atoms with Gasteiger partial charge in [0, 0.05) is 13.2 Å². The molecular formula is C14H24BrN3O. The molecule has 19 heavy (non-hydrogen) atoms. The summed E-state index contributed by atoms with van der Waals surface area (Å²) in [5.74, 6) is 0. The number of rotatable bonds is 6. The second-order valence-corrected chi connectivity index (χ2v) is 5.96. The van der Waals surface area contributed by atoms with E-state index in [0.717, 1.165) is 30.5 Å². The van der Waals surface area contributed by atoms with Crippen molar-refractivity contribution in [3.05, 3.63) is 16.4 Å². The Hall–Kier alpha value is -0.390. The monoisotopic (exact) mass is 329 g/mol. The smallest absolute Gasteiger partial charge is 0.0695 e. The number of aryl methyl sites for hydroxylation is 1. The molecule has 5 heteroatoms. The molecule has 2 rings (SSSR count). The van der Waals surface area contributed by atoms with Crippen LogP contribution in [0.4, 0.5) is 0 Å². The van der Waals surface area contributed by atoms with E-state index < -0.39 is 0 Å². The highest BCUT2D eigenvalue weighted by Gasteiger charge is 2.21. The highest BCUT2D eigenvalue weighted by Crippen LogP contribution is 2.28. The predicted octanol–water partition coefficient (Wildman–Crippen LogP) is 3.28. The van der Waals surface area contributed by atoms with Crippen LogP contribution in [-0.4, -0.2) is 29.5 Å². The first kappa shape index (κ1) is 15.0. The van der Waals surface area contributed by atoms with Gasteiger partial charge in [0.2, 0.25) is 0 Å². The molecule has 1 saturated heterocycles. The van der Waals surface area contributed by atoms with Crippen molar-refractivity contribution >= 4 is 15.9 Å². The molecule has 0 bridgehead atoms. The molecule has 0 saturated carbocycles. The van der Waals surface area contributed by atoms with Crippen LogP contribution in [0.2, 0.25) is 0 Å². The summed E-state index contributed by atoms with van der Waals surface area (Å²) in [5.41, 5.74) is 1.25. The summed E-state index contributed by atoms with van der Waals surface area (Å²) < 4.78 is 8.97. The number of nitrogens with one attached hydrogen (secondary N) is 1. The molecule has 108 valence electrons. The Kier molecular flexibility index (Phi) is 5.85. The Bertz CT molecular complexity index is 388. The van der Waals surface area contributed by atoms with Gasteiger partial charge in [-0.25, -0.2) is 0 Å². The van der Waals surface area contributed by atoms with Gasteiger partial charge in [0.05, 0.1) is 28.5 Å². The lowest BCUT2D eigenvalue weighted by atomic mass is 10.00. The first-order valence-electron chi connectivity index (χ1n) is 7.26. The van der Waals surface area contributed by atoms with Crippen LogP contribution in [0.5, 0.6) is 0 Å². The Morgan fingerprint density at radius 2 is 2.42 bits per heavy atom. The van der Waals surface area contributed by atoms with Gasteiger partial charge < -0.3 is 10.1 Å². The van der Waals surface area contributed by atoms with E-state index in [9.17, 15) is 0 Å². The largest absolute Gasteiger partial charge is 0.378 e. The lowest BCUT2D eigenvalue weighted by Gasteiger charge is -2.25. The summed E-state index contributed by atoms with van der Waals surface area (Å²) in [7, 11) is 2.02. The van der Waals surface area contributed by atoms with Crippen LogP contribution in [-0.2, 0) is 11.3 Å². The Morgan fingerprint density at radius 1 is 1.58 bits per heavy atom. The fourth-order valence-corrected chi connectivity index (χ4v) is 3.35. The molecule has 2 atom stereocenters. The van der Waals surface area contributed by atoms with Crippen molar-refractivity contribution in [2.24, 2.45) is 0 Å². The van der Waals surface area contributed by atoms with Crippen LogP contribution in [0.25, 0.3) is 0 Å². The molecule has 0 aliphatic carbocycles. The molecule has 1 fully saturated rings. The number of aromatic nitrogens is 2. The fourth-order valence-electron chi connectivity index (χ4n) is 2.78. The van der Waals surface area contributed by atoms with Crippen LogP contribution in [0.1, 0.15) is 50.8 Å². The van der Waals surface area contributed by atoms with E-state index >= 15 is 0 Å². The highest BCUT2D eigenvalue weighted by molar-refractivity contribution is 9.10. The van der Waals surface area contributed by atoms with E-state index in [1.165, 1.54) is 25.0 Å². The minimum atomic E-state index is 0.336. The van der Waals surface area contributed by atoms with Gasteiger partial charge in [0.1, 0.15) is 0 Å². The molecular weight excluding hydrogens is 306 g/mol. The average Bonchev–Trinajstić information content (AvgIpc) is 2.82. The zero-order valence-electron chi connectivity index (χ0n) is 11.9. The summed E-state index contributed by atoms with van der Waals surface area (Å²) in [6.07, 6.45) is 8.29. The SMILES string of the molecule is CCn1ncc(Br)c1C(CCC1CCCCO1)NC. The summed E-state index contributed by atoms with van der Waals surface area (Å²) in [6.45, 7) is 3.96. The maximum Gasteiger partial charge on any atom is 0.0695 e. The number of hydrogen-bond acceptors (Lipinski definition) is 3. The van der Waals surface area contributed by atoms with Crippen molar-refractivity contribution in [1.82, 2.24) is 15.1 Å². The summed E-state index contributed by atoms with van der Waals surface area (Å²) in [6, 6.07) is 0.336. The molecule has 0 spiro atoms. The number of nitrogens with zero attached hydrogens (tertiary/aromatic N) is 2. The first-order valence-corrected chi connectivity index (χ1v) is 8.05. The van der Waals surface area contributed by atoms with Crippen molar-refractivity contribution in [3.8, 4) is 0 Å². The molecule has 2 heterocycles. The normalized spacial score (nSPS) is 21.5. The third-order valence-corrected chi connectivity index (χ3v) is 4.47. The quantitative estimate of drug-likeness (QED) is 0.870. The number of ether oxygens (including phenoxy) is 1. The Balaban J connectivity index is 1.97. The third-order valence-electron chi connectivity index (χ3n) is 3.86. The van der Waals surface area contributed by atoms with E-state index in [1.807, 2.05) is 13.2 Å². The minimum Gasteiger partial charge on any atom is -0.378 e. The molecule has 1 aromatic rings. The van der Waals surface area contributed by atoms with Gasteiger partial charge >= 0.3 is 0 Å². The standard InChI is InChI=1S/C14H24BrN3O/c1-3-18-14(12(15)10-17-18)13(16-2)8-7-11-6-4-5-9-19-11/h10-11,13,16H,3-9H2,1-2H3. The van der Waals surface area contributed by atoms with Gasteiger partial charge in [0.15, 0.2) is 0 Å². The minimum absolute atomic E-state index is 0.336. The second kappa shape index (κ2) is 7.41. The number of hydrogen-bond donors (Lipinski definition) is 1. The van der Waals surface area contributed by atoms with Crippen LogP contribution in [0.3, 0.4) is 0 Å². The van der Waals surface area contributed by atoms with Crippen LogP contribution in [0.15, 0.2) is 10.7 Å². The first-order chi connectivity index (χ1) is 9.26. The van der Waals surface area contributed by atoms with Crippen LogP contribution < -0.4 is 5.32 Å². The molecule has 2 unspecified atom stereocenters. The molecule has 0 amide bonds.